The van der Waals surface area contributed by atoms with Crippen molar-refractivity contribution >= 4 is 35.8 Å². The Bertz CT molecular complexity index is 479. The van der Waals surface area contributed by atoms with E-state index in [9.17, 15) is 4.79 Å². The molecule has 2 fully saturated rings. The molecule has 2 heterocycles. The molecule has 0 radical (unpaired) electrons. The zero-order valence-electron chi connectivity index (χ0n) is 17.5. The van der Waals surface area contributed by atoms with Gasteiger partial charge in [0.2, 0.25) is 5.91 Å². The summed E-state index contributed by atoms with van der Waals surface area (Å²) in [6.07, 6.45) is 2.64. The highest BCUT2D eigenvalue weighted by atomic mass is 127. The van der Waals surface area contributed by atoms with Gasteiger partial charge in [0.25, 0.3) is 0 Å². The van der Waals surface area contributed by atoms with Gasteiger partial charge in [-0.1, -0.05) is 13.8 Å². The molecular formula is C19H39IN6O. The number of likely N-dealkylation sites (N-methyl/N-ethyl adjacent to an activating group) is 1. The number of amides is 1. The van der Waals surface area contributed by atoms with Crippen molar-refractivity contribution in [3.05, 3.63) is 0 Å². The maximum atomic E-state index is 11.3. The van der Waals surface area contributed by atoms with Crippen molar-refractivity contribution in [1.82, 2.24) is 20.0 Å². The lowest BCUT2D eigenvalue weighted by molar-refractivity contribution is -0.119. The molecule has 8 heteroatoms. The van der Waals surface area contributed by atoms with Crippen LogP contribution in [0.3, 0.4) is 0 Å². The molecule has 0 bridgehead atoms. The standard InChI is InChI=1S/C19H38N6O.HI/c1-15(2)17(24-10-8-23(4)9-11-24)13-22-19(21-3)25-7-5-6-16(14-25)12-18(20)26;/h15-17H,5-14H2,1-4H3,(H2,20,26)(H,21,22);1H. The molecule has 0 aromatic rings. The molecule has 0 saturated carbocycles. The first-order valence-corrected chi connectivity index (χ1v) is 10.1. The number of primary amides is 1. The van der Waals surface area contributed by atoms with E-state index in [1.807, 2.05) is 7.05 Å². The van der Waals surface area contributed by atoms with Crippen LogP contribution in [0.5, 0.6) is 0 Å². The molecule has 2 saturated heterocycles. The average molecular weight is 494 g/mol. The van der Waals surface area contributed by atoms with Gasteiger partial charge < -0.3 is 20.9 Å². The molecule has 2 aliphatic heterocycles. The fourth-order valence-corrected chi connectivity index (χ4v) is 4.18. The second-order valence-corrected chi connectivity index (χ2v) is 8.20. The van der Waals surface area contributed by atoms with Crippen LogP contribution in [-0.4, -0.2) is 92.5 Å². The van der Waals surface area contributed by atoms with Gasteiger partial charge in [-0.15, -0.1) is 24.0 Å². The Morgan fingerprint density at radius 2 is 1.89 bits per heavy atom. The van der Waals surface area contributed by atoms with Crippen LogP contribution in [0.4, 0.5) is 0 Å². The summed E-state index contributed by atoms with van der Waals surface area (Å²) >= 11 is 0. The maximum absolute atomic E-state index is 11.3. The summed E-state index contributed by atoms with van der Waals surface area (Å²) in [5, 5.41) is 3.61. The average Bonchev–Trinajstić information content (AvgIpc) is 2.59. The molecule has 2 rings (SSSR count). The minimum atomic E-state index is -0.199. The summed E-state index contributed by atoms with van der Waals surface area (Å²) in [6, 6.07) is 0.506. The summed E-state index contributed by atoms with van der Waals surface area (Å²) in [7, 11) is 4.04. The summed E-state index contributed by atoms with van der Waals surface area (Å²) in [5.41, 5.74) is 5.39. The largest absolute Gasteiger partial charge is 0.370 e. The van der Waals surface area contributed by atoms with Crippen LogP contribution >= 0.6 is 24.0 Å². The molecule has 0 spiro atoms. The minimum Gasteiger partial charge on any atom is -0.370 e. The Morgan fingerprint density at radius 1 is 1.22 bits per heavy atom. The third kappa shape index (κ3) is 7.73. The highest BCUT2D eigenvalue weighted by molar-refractivity contribution is 14.0. The molecule has 0 aliphatic carbocycles. The van der Waals surface area contributed by atoms with Crippen LogP contribution in [0, 0.1) is 11.8 Å². The molecule has 0 aromatic carbocycles. The Balaban J connectivity index is 0.00000364. The topological polar surface area (TPSA) is 77.2 Å². The van der Waals surface area contributed by atoms with Gasteiger partial charge in [-0.2, -0.15) is 0 Å². The summed E-state index contributed by atoms with van der Waals surface area (Å²) in [5.74, 6) is 1.69. The van der Waals surface area contributed by atoms with Gasteiger partial charge in [-0.05, 0) is 31.7 Å². The lowest BCUT2D eigenvalue weighted by Crippen LogP contribution is -2.56. The van der Waals surface area contributed by atoms with E-state index in [0.717, 1.165) is 64.6 Å². The van der Waals surface area contributed by atoms with Gasteiger partial charge in [-0.25, -0.2) is 0 Å². The number of likely N-dealkylation sites (tertiary alicyclic amines) is 1. The second-order valence-electron chi connectivity index (χ2n) is 8.20. The summed E-state index contributed by atoms with van der Waals surface area (Å²) in [4.78, 5) is 23.0. The van der Waals surface area contributed by atoms with E-state index in [2.05, 4.69) is 45.9 Å². The van der Waals surface area contributed by atoms with E-state index >= 15 is 0 Å². The van der Waals surface area contributed by atoms with Crippen LogP contribution in [0.25, 0.3) is 0 Å². The van der Waals surface area contributed by atoms with Crippen molar-refractivity contribution in [3.8, 4) is 0 Å². The third-order valence-electron chi connectivity index (χ3n) is 5.77. The number of hydrogen-bond acceptors (Lipinski definition) is 4. The number of carbonyl (C=O) groups is 1. The molecule has 27 heavy (non-hydrogen) atoms. The number of carbonyl (C=O) groups excluding carboxylic acids is 1. The van der Waals surface area contributed by atoms with Gasteiger partial charge in [-0.3, -0.25) is 14.7 Å². The Labute approximate surface area is 182 Å². The predicted molar refractivity (Wildman–Crippen MR) is 123 cm³/mol. The van der Waals surface area contributed by atoms with E-state index < -0.39 is 0 Å². The van der Waals surface area contributed by atoms with Crippen molar-refractivity contribution in [2.45, 2.75) is 39.2 Å². The number of piperidine rings is 1. The van der Waals surface area contributed by atoms with Gasteiger partial charge in [0.15, 0.2) is 5.96 Å². The number of hydrogen-bond donors (Lipinski definition) is 2. The van der Waals surface area contributed by atoms with Crippen molar-refractivity contribution < 1.29 is 4.79 Å². The number of nitrogens with two attached hydrogens (primary N) is 1. The molecule has 2 atom stereocenters. The first-order chi connectivity index (χ1) is 12.4. The van der Waals surface area contributed by atoms with E-state index in [0.29, 0.717) is 24.3 Å². The number of halogens is 1. The fourth-order valence-electron chi connectivity index (χ4n) is 4.18. The van der Waals surface area contributed by atoms with E-state index in [1.54, 1.807) is 0 Å². The number of nitrogens with zero attached hydrogens (tertiary/aromatic N) is 4. The Hall–Kier alpha value is -0.610. The second kappa shape index (κ2) is 12.1. The fraction of sp³-hybridized carbons (Fsp3) is 0.895. The summed E-state index contributed by atoms with van der Waals surface area (Å²) in [6.45, 7) is 11.9. The Morgan fingerprint density at radius 3 is 2.44 bits per heavy atom. The number of nitrogens with one attached hydrogen (secondary N) is 1. The SMILES string of the molecule is CN=C(NCC(C(C)C)N1CCN(C)CC1)N1CCCC(CC(N)=O)C1.I. The van der Waals surface area contributed by atoms with Crippen molar-refractivity contribution in [2.75, 3.05) is 59.9 Å². The van der Waals surface area contributed by atoms with Crippen LogP contribution in [-0.2, 0) is 4.79 Å². The molecule has 7 nitrogen and oxygen atoms in total. The van der Waals surface area contributed by atoms with Crippen molar-refractivity contribution in [3.63, 3.8) is 0 Å². The first kappa shape index (κ1) is 24.4. The van der Waals surface area contributed by atoms with Gasteiger partial charge >= 0.3 is 0 Å². The van der Waals surface area contributed by atoms with Crippen LogP contribution < -0.4 is 11.1 Å². The quantitative estimate of drug-likeness (QED) is 0.328. The molecule has 0 aromatic heterocycles. The number of guanidine groups is 1. The first-order valence-electron chi connectivity index (χ1n) is 10.1. The number of aliphatic imine (C=N–C) groups is 1. The normalized spacial score (nSPS) is 23.8. The van der Waals surface area contributed by atoms with Crippen LogP contribution in [0.1, 0.15) is 33.1 Å². The molecule has 158 valence electrons. The van der Waals surface area contributed by atoms with E-state index in [1.165, 1.54) is 0 Å². The zero-order valence-corrected chi connectivity index (χ0v) is 19.8. The molecule has 1 amide bonds. The molecule has 3 N–H and O–H groups in total. The molecule has 2 aliphatic rings. The van der Waals surface area contributed by atoms with Crippen molar-refractivity contribution in [2.24, 2.45) is 22.6 Å². The minimum absolute atomic E-state index is 0. The number of rotatable bonds is 6. The zero-order chi connectivity index (χ0) is 19.1. The highest BCUT2D eigenvalue weighted by Gasteiger charge is 2.27. The number of piperazine rings is 1. The van der Waals surface area contributed by atoms with Crippen molar-refractivity contribution in [1.29, 1.82) is 0 Å². The lowest BCUT2D eigenvalue weighted by Gasteiger charge is -2.41. The smallest absolute Gasteiger partial charge is 0.217 e. The highest BCUT2D eigenvalue weighted by Crippen LogP contribution is 2.19. The van der Waals surface area contributed by atoms with Gasteiger partial charge in [0.05, 0.1) is 0 Å². The van der Waals surface area contributed by atoms with Gasteiger partial charge in [0, 0.05) is 65.3 Å². The Kier molecular flexibility index (Phi) is 10.9. The predicted octanol–water partition coefficient (Wildman–Crippen LogP) is 1.04. The monoisotopic (exact) mass is 494 g/mol. The molecule has 2 unspecified atom stereocenters. The lowest BCUT2D eigenvalue weighted by atomic mass is 9.95. The van der Waals surface area contributed by atoms with E-state index in [4.69, 9.17) is 5.73 Å². The van der Waals surface area contributed by atoms with Crippen LogP contribution in [0.15, 0.2) is 4.99 Å². The molecular weight excluding hydrogens is 455 g/mol. The summed E-state index contributed by atoms with van der Waals surface area (Å²) < 4.78 is 0. The van der Waals surface area contributed by atoms with Gasteiger partial charge in [0.1, 0.15) is 0 Å². The maximum Gasteiger partial charge on any atom is 0.217 e. The van der Waals surface area contributed by atoms with Crippen LogP contribution in [0.2, 0.25) is 0 Å². The van der Waals surface area contributed by atoms with E-state index in [-0.39, 0.29) is 29.9 Å². The third-order valence-corrected chi connectivity index (χ3v) is 5.77.